The van der Waals surface area contributed by atoms with E-state index in [1.54, 1.807) is 4.90 Å². The monoisotopic (exact) mass is 362 g/mol. The highest BCUT2D eigenvalue weighted by molar-refractivity contribution is 7.19. The number of nitrogens with zero attached hydrogens (tertiary/aromatic N) is 6. The quantitative estimate of drug-likeness (QED) is 0.696. The molecule has 0 saturated carbocycles. The average Bonchev–Trinajstić information content (AvgIpc) is 3.16. The molecular weight excluding hydrogens is 348 g/mol. The van der Waals surface area contributed by atoms with Gasteiger partial charge >= 0.3 is 0 Å². The van der Waals surface area contributed by atoms with Gasteiger partial charge in [-0.3, -0.25) is 4.79 Å². The molecule has 7 nitrogen and oxygen atoms in total. The van der Waals surface area contributed by atoms with Crippen LogP contribution < -0.4 is 0 Å². The van der Waals surface area contributed by atoms with Crippen LogP contribution in [-0.2, 0) is 0 Å². The summed E-state index contributed by atoms with van der Waals surface area (Å²) >= 11 is 7.60. The zero-order valence-corrected chi connectivity index (χ0v) is 14.6. The first kappa shape index (κ1) is 15.5. The van der Waals surface area contributed by atoms with Gasteiger partial charge in [0.2, 0.25) is 10.8 Å². The Labute approximate surface area is 147 Å². The van der Waals surface area contributed by atoms with E-state index in [-0.39, 0.29) is 11.7 Å². The lowest BCUT2D eigenvalue weighted by Crippen LogP contribution is -2.47. The minimum absolute atomic E-state index is 0.133. The second-order valence-electron chi connectivity index (χ2n) is 5.70. The van der Waals surface area contributed by atoms with E-state index in [4.69, 9.17) is 11.6 Å². The van der Waals surface area contributed by atoms with Crippen LogP contribution in [0.2, 0.25) is 5.02 Å². The number of aromatic nitrogens is 4. The fraction of sp³-hybridized carbons (Fsp3) is 0.333. The third-order valence-electron chi connectivity index (χ3n) is 4.08. The summed E-state index contributed by atoms with van der Waals surface area (Å²) < 4.78 is 1.52. The van der Waals surface area contributed by atoms with Crippen LogP contribution in [0.4, 0.5) is 0 Å². The molecule has 9 heteroatoms. The normalized spacial score (nSPS) is 16.0. The summed E-state index contributed by atoms with van der Waals surface area (Å²) in [5.74, 6) is 0.121. The van der Waals surface area contributed by atoms with Crippen molar-refractivity contribution in [1.29, 1.82) is 0 Å². The molecule has 2 aromatic heterocycles. The van der Waals surface area contributed by atoms with Crippen molar-refractivity contribution in [1.82, 2.24) is 29.6 Å². The smallest absolute Gasteiger partial charge is 0.293 e. The number of carbonyl (C=O) groups excluding carboxylic acids is 1. The van der Waals surface area contributed by atoms with E-state index >= 15 is 0 Å². The summed E-state index contributed by atoms with van der Waals surface area (Å²) in [6.07, 6.45) is 0. The van der Waals surface area contributed by atoms with Gasteiger partial charge in [0.15, 0.2) is 0 Å². The van der Waals surface area contributed by atoms with Crippen molar-refractivity contribution in [3.05, 3.63) is 35.1 Å². The van der Waals surface area contributed by atoms with Gasteiger partial charge in [-0.05, 0) is 13.1 Å². The van der Waals surface area contributed by atoms with E-state index in [9.17, 15) is 4.79 Å². The van der Waals surface area contributed by atoms with Gasteiger partial charge in [-0.1, -0.05) is 41.1 Å². The van der Waals surface area contributed by atoms with Crippen molar-refractivity contribution in [3.63, 3.8) is 0 Å². The zero-order chi connectivity index (χ0) is 16.7. The molecular formula is C15H15ClN6OS. The molecule has 3 heterocycles. The van der Waals surface area contributed by atoms with Gasteiger partial charge in [0.25, 0.3) is 5.91 Å². The Morgan fingerprint density at radius 3 is 2.67 bits per heavy atom. The van der Waals surface area contributed by atoms with Crippen LogP contribution >= 0.6 is 22.9 Å². The maximum absolute atomic E-state index is 12.7. The van der Waals surface area contributed by atoms with Crippen LogP contribution in [0.25, 0.3) is 15.5 Å². The fourth-order valence-electron chi connectivity index (χ4n) is 2.64. The molecule has 0 bridgehead atoms. The standard InChI is InChI=1S/C15H15ClN6OS/c1-20-6-8-21(9-7-20)14(23)12-17-18-15-22(12)19-13(24-15)10-4-2-3-5-11(10)16/h2-5H,6-9H2,1H3. The SMILES string of the molecule is CN1CCN(C(=O)c2nnc3sc(-c4ccccc4Cl)nn23)CC1. The summed E-state index contributed by atoms with van der Waals surface area (Å²) in [6.45, 7) is 3.09. The predicted molar refractivity (Wildman–Crippen MR) is 92.5 cm³/mol. The number of hydrogen-bond acceptors (Lipinski definition) is 6. The van der Waals surface area contributed by atoms with Gasteiger partial charge in [0.1, 0.15) is 5.01 Å². The molecule has 24 heavy (non-hydrogen) atoms. The van der Waals surface area contributed by atoms with Crippen LogP contribution in [0.5, 0.6) is 0 Å². The first-order valence-corrected chi connectivity index (χ1v) is 8.78. The van der Waals surface area contributed by atoms with Gasteiger partial charge in [-0.15, -0.1) is 10.2 Å². The van der Waals surface area contributed by atoms with Crippen molar-refractivity contribution in [2.75, 3.05) is 33.2 Å². The number of benzene rings is 1. The molecule has 0 atom stereocenters. The number of fused-ring (bicyclic) bond motifs is 1. The Kier molecular flexibility index (Phi) is 3.95. The van der Waals surface area contributed by atoms with E-state index in [0.717, 1.165) is 23.7 Å². The molecule has 1 aromatic carbocycles. The maximum Gasteiger partial charge on any atom is 0.293 e. The number of carbonyl (C=O) groups is 1. The molecule has 3 aromatic rings. The zero-order valence-electron chi connectivity index (χ0n) is 13.0. The van der Waals surface area contributed by atoms with Crippen LogP contribution in [0.15, 0.2) is 24.3 Å². The van der Waals surface area contributed by atoms with Gasteiger partial charge in [-0.25, -0.2) is 0 Å². The van der Waals surface area contributed by atoms with Crippen LogP contribution in [0.3, 0.4) is 0 Å². The minimum Gasteiger partial charge on any atom is -0.333 e. The summed E-state index contributed by atoms with van der Waals surface area (Å²) in [5, 5.41) is 14.0. The fourth-order valence-corrected chi connectivity index (χ4v) is 3.80. The Morgan fingerprint density at radius 2 is 1.92 bits per heavy atom. The van der Waals surface area contributed by atoms with E-state index in [0.29, 0.717) is 23.1 Å². The van der Waals surface area contributed by atoms with Crippen molar-refractivity contribution >= 4 is 33.8 Å². The third kappa shape index (κ3) is 2.66. The summed E-state index contributed by atoms with van der Waals surface area (Å²) in [5.41, 5.74) is 0.827. The molecule has 0 N–H and O–H groups in total. The van der Waals surface area contributed by atoms with Crippen molar-refractivity contribution in [3.8, 4) is 10.6 Å². The highest BCUT2D eigenvalue weighted by Crippen LogP contribution is 2.31. The Morgan fingerprint density at radius 1 is 1.17 bits per heavy atom. The van der Waals surface area contributed by atoms with Crippen LogP contribution in [-0.4, -0.2) is 68.7 Å². The highest BCUT2D eigenvalue weighted by atomic mass is 35.5. The molecule has 1 aliphatic heterocycles. The van der Waals surface area contributed by atoms with Gasteiger partial charge < -0.3 is 9.80 Å². The number of likely N-dealkylation sites (N-methyl/N-ethyl adjacent to an activating group) is 1. The second kappa shape index (κ2) is 6.12. The molecule has 0 radical (unpaired) electrons. The number of rotatable bonds is 2. The Bertz CT molecular complexity index is 898. The largest absolute Gasteiger partial charge is 0.333 e. The lowest BCUT2D eigenvalue weighted by atomic mass is 10.2. The average molecular weight is 363 g/mol. The van der Waals surface area contributed by atoms with E-state index in [1.807, 2.05) is 31.3 Å². The van der Waals surface area contributed by atoms with E-state index in [1.165, 1.54) is 15.9 Å². The minimum atomic E-state index is -0.133. The predicted octanol–water partition coefficient (Wildman–Crippen LogP) is 1.89. The molecule has 124 valence electrons. The van der Waals surface area contributed by atoms with Crippen molar-refractivity contribution in [2.24, 2.45) is 0 Å². The number of amides is 1. The lowest BCUT2D eigenvalue weighted by Gasteiger charge is -2.31. The third-order valence-corrected chi connectivity index (χ3v) is 5.34. The van der Waals surface area contributed by atoms with Crippen LogP contribution in [0, 0.1) is 0 Å². The van der Waals surface area contributed by atoms with Crippen molar-refractivity contribution in [2.45, 2.75) is 0 Å². The molecule has 0 spiro atoms. The highest BCUT2D eigenvalue weighted by Gasteiger charge is 2.26. The summed E-state index contributed by atoms with van der Waals surface area (Å²) in [7, 11) is 2.05. The topological polar surface area (TPSA) is 66.6 Å². The van der Waals surface area contributed by atoms with E-state index in [2.05, 4.69) is 20.2 Å². The Balaban J connectivity index is 1.68. The molecule has 0 aliphatic carbocycles. The summed E-state index contributed by atoms with van der Waals surface area (Å²) in [4.78, 5) is 17.3. The van der Waals surface area contributed by atoms with Gasteiger partial charge in [-0.2, -0.15) is 9.61 Å². The van der Waals surface area contributed by atoms with E-state index < -0.39 is 0 Å². The molecule has 1 fully saturated rings. The van der Waals surface area contributed by atoms with Gasteiger partial charge in [0, 0.05) is 31.7 Å². The molecule has 4 rings (SSSR count). The molecule has 1 amide bonds. The number of hydrogen-bond donors (Lipinski definition) is 0. The van der Waals surface area contributed by atoms with Crippen molar-refractivity contribution < 1.29 is 4.79 Å². The maximum atomic E-state index is 12.7. The lowest BCUT2D eigenvalue weighted by molar-refractivity contribution is 0.0649. The van der Waals surface area contributed by atoms with Gasteiger partial charge in [0.05, 0.1) is 5.02 Å². The molecule has 1 saturated heterocycles. The second-order valence-corrected chi connectivity index (χ2v) is 7.06. The number of halogens is 1. The molecule has 1 aliphatic rings. The number of piperazine rings is 1. The molecule has 0 unspecified atom stereocenters. The van der Waals surface area contributed by atoms with Crippen LogP contribution in [0.1, 0.15) is 10.6 Å². The Hall–Kier alpha value is -2.03. The first-order valence-electron chi connectivity index (χ1n) is 7.58. The summed E-state index contributed by atoms with van der Waals surface area (Å²) in [6, 6.07) is 7.49. The first-order chi connectivity index (χ1) is 11.6.